The van der Waals surface area contributed by atoms with Gasteiger partial charge >= 0.3 is 0 Å². The Bertz CT molecular complexity index is 360. The van der Waals surface area contributed by atoms with Gasteiger partial charge in [0, 0.05) is 25.6 Å². The highest BCUT2D eigenvalue weighted by molar-refractivity contribution is 5.80. The largest absolute Gasteiger partial charge is 0.355 e. The molecule has 1 saturated heterocycles. The summed E-state index contributed by atoms with van der Waals surface area (Å²) >= 11 is 0. The van der Waals surface area contributed by atoms with Gasteiger partial charge in [-0.05, 0) is 12.0 Å². The number of hydrogen-bond donors (Lipinski definition) is 2. The summed E-state index contributed by atoms with van der Waals surface area (Å²) in [7, 11) is 0. The Morgan fingerprint density at radius 3 is 2.65 bits per heavy atom. The van der Waals surface area contributed by atoms with E-state index in [9.17, 15) is 4.79 Å². The van der Waals surface area contributed by atoms with Crippen molar-refractivity contribution < 1.29 is 4.79 Å². The van der Waals surface area contributed by atoms with Crippen LogP contribution in [0.5, 0.6) is 0 Å². The molecule has 1 aromatic carbocycles. The number of carbonyl (C=O) groups excluding carboxylic acids is 1. The standard InChI is InChI=1S/C14H20N2O/c1-2-11(12-6-4-3-5-7-12)10-16-14(17)13-8-15-9-13/h3-7,11,13,15H,2,8-10H2,1H3,(H,16,17). The summed E-state index contributed by atoms with van der Waals surface area (Å²) in [5.74, 6) is 0.801. The topological polar surface area (TPSA) is 41.1 Å². The lowest BCUT2D eigenvalue weighted by atomic mass is 9.96. The molecule has 0 aromatic heterocycles. The zero-order valence-electron chi connectivity index (χ0n) is 10.3. The van der Waals surface area contributed by atoms with Gasteiger partial charge in [0.1, 0.15) is 0 Å². The second-order valence-corrected chi connectivity index (χ2v) is 4.62. The zero-order chi connectivity index (χ0) is 12.1. The summed E-state index contributed by atoms with van der Waals surface area (Å²) in [6.07, 6.45) is 1.05. The van der Waals surface area contributed by atoms with Crippen molar-refractivity contribution >= 4 is 5.91 Å². The van der Waals surface area contributed by atoms with E-state index < -0.39 is 0 Å². The Hall–Kier alpha value is -1.35. The lowest BCUT2D eigenvalue weighted by Crippen LogP contribution is -2.51. The average molecular weight is 232 g/mol. The molecule has 1 atom stereocenters. The number of hydrogen-bond acceptors (Lipinski definition) is 2. The molecule has 2 rings (SSSR count). The fourth-order valence-electron chi connectivity index (χ4n) is 2.07. The maximum Gasteiger partial charge on any atom is 0.225 e. The molecule has 1 amide bonds. The number of benzene rings is 1. The maximum atomic E-state index is 11.7. The van der Waals surface area contributed by atoms with Crippen LogP contribution in [0.1, 0.15) is 24.8 Å². The third kappa shape index (κ3) is 3.07. The van der Waals surface area contributed by atoms with Crippen LogP contribution in [0.25, 0.3) is 0 Å². The first-order valence-corrected chi connectivity index (χ1v) is 6.34. The minimum atomic E-state index is 0.184. The van der Waals surface area contributed by atoms with Gasteiger partial charge in [0.15, 0.2) is 0 Å². The van der Waals surface area contributed by atoms with E-state index in [4.69, 9.17) is 0 Å². The maximum absolute atomic E-state index is 11.7. The molecule has 3 nitrogen and oxygen atoms in total. The summed E-state index contributed by atoms with van der Waals surface area (Å²) in [5, 5.41) is 6.17. The van der Waals surface area contributed by atoms with E-state index in [1.165, 1.54) is 5.56 Å². The number of carbonyl (C=O) groups is 1. The second-order valence-electron chi connectivity index (χ2n) is 4.62. The van der Waals surface area contributed by atoms with Crippen LogP contribution in [-0.4, -0.2) is 25.5 Å². The van der Waals surface area contributed by atoms with Gasteiger partial charge in [-0.15, -0.1) is 0 Å². The van der Waals surface area contributed by atoms with Crippen molar-refractivity contribution in [3.05, 3.63) is 35.9 Å². The molecule has 1 fully saturated rings. The Balaban J connectivity index is 1.85. The number of amides is 1. The monoisotopic (exact) mass is 232 g/mol. The first kappa shape index (κ1) is 12.1. The molecule has 0 aliphatic carbocycles. The lowest BCUT2D eigenvalue weighted by Gasteiger charge is -2.27. The molecule has 3 heteroatoms. The van der Waals surface area contributed by atoms with Gasteiger partial charge in [-0.25, -0.2) is 0 Å². The Labute approximate surface area is 103 Å². The summed E-state index contributed by atoms with van der Waals surface area (Å²) in [6.45, 7) is 4.56. The van der Waals surface area contributed by atoms with Crippen molar-refractivity contribution in [2.75, 3.05) is 19.6 Å². The highest BCUT2D eigenvalue weighted by Gasteiger charge is 2.24. The fourth-order valence-corrected chi connectivity index (χ4v) is 2.07. The summed E-state index contributed by atoms with van der Waals surface area (Å²) < 4.78 is 0. The van der Waals surface area contributed by atoms with E-state index in [1.54, 1.807) is 0 Å². The smallest absolute Gasteiger partial charge is 0.225 e. The van der Waals surface area contributed by atoms with Crippen molar-refractivity contribution in [1.82, 2.24) is 10.6 Å². The van der Waals surface area contributed by atoms with Gasteiger partial charge in [0.2, 0.25) is 5.91 Å². The van der Waals surface area contributed by atoms with Crippen LogP contribution in [0.2, 0.25) is 0 Å². The van der Waals surface area contributed by atoms with Crippen molar-refractivity contribution in [2.45, 2.75) is 19.3 Å². The molecule has 92 valence electrons. The minimum absolute atomic E-state index is 0.184. The van der Waals surface area contributed by atoms with Crippen LogP contribution in [0.15, 0.2) is 30.3 Å². The molecular formula is C14H20N2O. The van der Waals surface area contributed by atoms with Gasteiger partial charge in [0.05, 0.1) is 5.92 Å². The molecule has 17 heavy (non-hydrogen) atoms. The molecule has 0 saturated carbocycles. The van der Waals surface area contributed by atoms with Crippen LogP contribution in [-0.2, 0) is 4.79 Å². The molecule has 1 heterocycles. The van der Waals surface area contributed by atoms with Crippen LogP contribution >= 0.6 is 0 Å². The van der Waals surface area contributed by atoms with E-state index in [1.807, 2.05) is 6.07 Å². The van der Waals surface area contributed by atoms with E-state index in [-0.39, 0.29) is 11.8 Å². The molecule has 1 aliphatic heterocycles. The first-order chi connectivity index (χ1) is 8.31. The second kappa shape index (κ2) is 5.82. The number of rotatable bonds is 5. The molecule has 1 aliphatic rings. The normalized spacial score (nSPS) is 17.2. The van der Waals surface area contributed by atoms with Gasteiger partial charge < -0.3 is 10.6 Å². The van der Waals surface area contributed by atoms with E-state index in [0.717, 1.165) is 26.1 Å². The summed E-state index contributed by atoms with van der Waals surface area (Å²) in [6, 6.07) is 10.4. The third-order valence-corrected chi connectivity index (χ3v) is 3.44. The Morgan fingerprint density at radius 1 is 1.41 bits per heavy atom. The van der Waals surface area contributed by atoms with Crippen molar-refractivity contribution in [1.29, 1.82) is 0 Å². The van der Waals surface area contributed by atoms with Crippen LogP contribution in [0.4, 0.5) is 0 Å². The minimum Gasteiger partial charge on any atom is -0.355 e. The molecule has 0 bridgehead atoms. The molecule has 0 spiro atoms. The summed E-state index contributed by atoms with van der Waals surface area (Å²) in [5.41, 5.74) is 1.31. The van der Waals surface area contributed by atoms with Crippen LogP contribution in [0, 0.1) is 5.92 Å². The van der Waals surface area contributed by atoms with Crippen LogP contribution < -0.4 is 10.6 Å². The quantitative estimate of drug-likeness (QED) is 0.808. The van der Waals surface area contributed by atoms with Crippen molar-refractivity contribution in [3.8, 4) is 0 Å². The first-order valence-electron chi connectivity index (χ1n) is 6.34. The highest BCUT2D eigenvalue weighted by Crippen LogP contribution is 2.18. The molecule has 0 radical (unpaired) electrons. The van der Waals surface area contributed by atoms with Crippen LogP contribution in [0.3, 0.4) is 0 Å². The molecule has 1 unspecified atom stereocenters. The SMILES string of the molecule is CCC(CNC(=O)C1CNC1)c1ccccc1. The van der Waals surface area contributed by atoms with Gasteiger partial charge in [-0.2, -0.15) is 0 Å². The van der Waals surface area contributed by atoms with E-state index in [2.05, 4.69) is 41.8 Å². The van der Waals surface area contributed by atoms with Crippen molar-refractivity contribution in [3.63, 3.8) is 0 Å². The molecule has 1 aromatic rings. The van der Waals surface area contributed by atoms with Gasteiger partial charge in [-0.3, -0.25) is 4.79 Å². The predicted octanol–water partition coefficient (Wildman–Crippen LogP) is 1.52. The molecular weight excluding hydrogens is 212 g/mol. The van der Waals surface area contributed by atoms with Crippen molar-refractivity contribution in [2.24, 2.45) is 5.92 Å². The molecule has 2 N–H and O–H groups in total. The van der Waals surface area contributed by atoms with E-state index in [0.29, 0.717) is 5.92 Å². The van der Waals surface area contributed by atoms with E-state index >= 15 is 0 Å². The fraction of sp³-hybridized carbons (Fsp3) is 0.500. The summed E-state index contributed by atoms with van der Waals surface area (Å²) in [4.78, 5) is 11.7. The average Bonchev–Trinajstić information content (AvgIpc) is 2.29. The lowest BCUT2D eigenvalue weighted by molar-refractivity contribution is -0.126. The Morgan fingerprint density at radius 2 is 2.12 bits per heavy atom. The van der Waals surface area contributed by atoms with Gasteiger partial charge in [-0.1, -0.05) is 37.3 Å². The Kier molecular flexibility index (Phi) is 4.15. The predicted molar refractivity (Wildman–Crippen MR) is 68.8 cm³/mol. The number of nitrogens with one attached hydrogen (secondary N) is 2. The highest BCUT2D eigenvalue weighted by atomic mass is 16.2. The van der Waals surface area contributed by atoms with Gasteiger partial charge in [0.25, 0.3) is 0 Å². The zero-order valence-corrected chi connectivity index (χ0v) is 10.3. The third-order valence-electron chi connectivity index (χ3n) is 3.44.